The van der Waals surface area contributed by atoms with Crippen molar-refractivity contribution in [3.63, 3.8) is 0 Å². The minimum Gasteiger partial charge on any atom is -0.493 e. The summed E-state index contributed by atoms with van der Waals surface area (Å²) in [7, 11) is 0. The third-order valence-electron chi connectivity index (χ3n) is 3.36. The van der Waals surface area contributed by atoms with E-state index in [9.17, 15) is 4.79 Å². The molecule has 0 aliphatic carbocycles. The van der Waals surface area contributed by atoms with Gasteiger partial charge in [-0.2, -0.15) is 5.10 Å². The van der Waals surface area contributed by atoms with Gasteiger partial charge in [0, 0.05) is 5.56 Å². The molecule has 0 saturated heterocycles. The van der Waals surface area contributed by atoms with Crippen LogP contribution in [0.3, 0.4) is 0 Å². The molecule has 1 aliphatic heterocycles. The topological polar surface area (TPSA) is 67.0 Å². The molecule has 3 rings (SSSR count). The Labute approximate surface area is 133 Å². The van der Waals surface area contributed by atoms with E-state index in [4.69, 9.17) is 4.74 Å². The number of aromatic amines is 1. The molecule has 1 amide bonds. The molecule has 1 atom stereocenters. The van der Waals surface area contributed by atoms with Gasteiger partial charge in [-0.1, -0.05) is 26.0 Å². The lowest BCUT2D eigenvalue weighted by atomic mass is 10.1. The Balaban J connectivity index is 1.81. The van der Waals surface area contributed by atoms with Gasteiger partial charge in [0.25, 0.3) is 0 Å². The number of nitrogens with one attached hydrogen (secondary N) is 2. The van der Waals surface area contributed by atoms with Gasteiger partial charge in [0.2, 0.25) is 5.91 Å². The average Bonchev–Trinajstić information content (AvgIpc) is 2.88. The first kappa shape index (κ1) is 15.0. The third kappa shape index (κ3) is 3.27. The standard InChI is InChI=1S/C16H19N3O2S/c1-10(2)8-21-12-5-3-11(4-6-12)15-13-7-17-19-16(13)18-14(20)9-22-15/h3-7,10,15H,8-9H2,1-2H3,(H2,17,18,19,20). The Kier molecular flexibility index (Phi) is 4.38. The lowest BCUT2D eigenvalue weighted by molar-refractivity contribution is -0.113. The summed E-state index contributed by atoms with van der Waals surface area (Å²) in [5.41, 5.74) is 2.15. The maximum absolute atomic E-state index is 11.7. The molecular weight excluding hydrogens is 298 g/mol. The molecule has 2 N–H and O–H groups in total. The van der Waals surface area contributed by atoms with Crippen LogP contribution in [0, 0.1) is 5.92 Å². The van der Waals surface area contributed by atoms with E-state index < -0.39 is 0 Å². The van der Waals surface area contributed by atoms with E-state index in [1.165, 1.54) is 0 Å². The van der Waals surface area contributed by atoms with Crippen LogP contribution in [0.1, 0.15) is 30.2 Å². The van der Waals surface area contributed by atoms with E-state index in [-0.39, 0.29) is 11.2 Å². The van der Waals surface area contributed by atoms with Crippen LogP contribution in [0.4, 0.5) is 5.82 Å². The van der Waals surface area contributed by atoms with Gasteiger partial charge >= 0.3 is 0 Å². The number of carbonyl (C=O) groups is 1. The second-order valence-electron chi connectivity index (χ2n) is 5.71. The van der Waals surface area contributed by atoms with Crippen molar-refractivity contribution in [2.24, 2.45) is 5.92 Å². The second-order valence-corrected chi connectivity index (χ2v) is 6.81. The summed E-state index contributed by atoms with van der Waals surface area (Å²) in [5, 5.41) is 9.83. The highest BCUT2D eigenvalue weighted by molar-refractivity contribution is 8.00. The van der Waals surface area contributed by atoms with E-state index in [2.05, 4.69) is 41.5 Å². The number of benzene rings is 1. The summed E-state index contributed by atoms with van der Waals surface area (Å²) < 4.78 is 5.71. The normalized spacial score (nSPS) is 17.8. The third-order valence-corrected chi connectivity index (χ3v) is 4.65. The van der Waals surface area contributed by atoms with Crippen LogP contribution < -0.4 is 10.1 Å². The van der Waals surface area contributed by atoms with Crippen molar-refractivity contribution in [3.05, 3.63) is 41.6 Å². The number of rotatable bonds is 4. The summed E-state index contributed by atoms with van der Waals surface area (Å²) in [4.78, 5) is 11.7. The van der Waals surface area contributed by atoms with Gasteiger partial charge in [0.15, 0.2) is 0 Å². The maximum Gasteiger partial charge on any atom is 0.235 e. The van der Waals surface area contributed by atoms with Crippen LogP contribution in [0.15, 0.2) is 30.5 Å². The molecule has 2 aromatic rings. The van der Waals surface area contributed by atoms with Gasteiger partial charge in [0.1, 0.15) is 11.6 Å². The second kappa shape index (κ2) is 6.44. The fraction of sp³-hybridized carbons (Fsp3) is 0.375. The van der Waals surface area contributed by atoms with Crippen molar-refractivity contribution in [2.75, 3.05) is 17.7 Å². The van der Waals surface area contributed by atoms with Crippen molar-refractivity contribution >= 4 is 23.5 Å². The number of H-pyrrole nitrogens is 1. The molecule has 0 fully saturated rings. The van der Waals surface area contributed by atoms with Crippen LogP contribution in [0.5, 0.6) is 5.75 Å². The molecule has 6 heteroatoms. The lowest BCUT2D eigenvalue weighted by Gasteiger charge is -2.15. The van der Waals surface area contributed by atoms with E-state index >= 15 is 0 Å². The minimum absolute atomic E-state index is 0.00473. The lowest BCUT2D eigenvalue weighted by Crippen LogP contribution is -2.12. The Morgan fingerprint density at radius 3 is 2.86 bits per heavy atom. The number of carbonyl (C=O) groups excluding carboxylic acids is 1. The fourth-order valence-corrected chi connectivity index (χ4v) is 3.39. The monoisotopic (exact) mass is 317 g/mol. The van der Waals surface area contributed by atoms with Gasteiger partial charge < -0.3 is 10.1 Å². The summed E-state index contributed by atoms with van der Waals surface area (Å²) in [6.07, 6.45) is 1.78. The Hall–Kier alpha value is -1.95. The predicted molar refractivity (Wildman–Crippen MR) is 88.3 cm³/mol. The highest BCUT2D eigenvalue weighted by atomic mass is 32.2. The number of fused-ring (bicyclic) bond motifs is 1. The molecule has 0 bridgehead atoms. The zero-order valence-corrected chi connectivity index (χ0v) is 13.4. The number of nitrogens with zero attached hydrogens (tertiary/aromatic N) is 1. The minimum atomic E-state index is -0.00473. The molecule has 1 unspecified atom stereocenters. The van der Waals surface area contributed by atoms with E-state index in [1.54, 1.807) is 18.0 Å². The highest BCUT2D eigenvalue weighted by Gasteiger charge is 2.25. The van der Waals surface area contributed by atoms with Crippen molar-refractivity contribution < 1.29 is 9.53 Å². The first-order chi connectivity index (χ1) is 10.6. The molecular formula is C16H19N3O2S. The molecule has 1 aliphatic rings. The zero-order valence-electron chi connectivity index (χ0n) is 12.6. The largest absolute Gasteiger partial charge is 0.493 e. The van der Waals surface area contributed by atoms with Gasteiger partial charge in [-0.15, -0.1) is 11.8 Å². The maximum atomic E-state index is 11.7. The first-order valence-electron chi connectivity index (χ1n) is 7.31. The molecule has 5 nitrogen and oxygen atoms in total. The van der Waals surface area contributed by atoms with Gasteiger partial charge in [-0.25, -0.2) is 0 Å². The van der Waals surface area contributed by atoms with Gasteiger partial charge in [-0.05, 0) is 23.6 Å². The van der Waals surface area contributed by atoms with E-state index in [0.717, 1.165) is 16.9 Å². The molecule has 2 heterocycles. The number of aromatic nitrogens is 2. The molecule has 1 aromatic heterocycles. The van der Waals surface area contributed by atoms with Crippen LogP contribution >= 0.6 is 11.8 Å². The number of amides is 1. The Morgan fingerprint density at radius 1 is 1.36 bits per heavy atom. The van der Waals surface area contributed by atoms with Crippen molar-refractivity contribution in [2.45, 2.75) is 19.1 Å². The van der Waals surface area contributed by atoms with Crippen LogP contribution in [0.25, 0.3) is 0 Å². The molecule has 0 radical (unpaired) electrons. The SMILES string of the molecule is CC(C)COc1ccc(C2SCC(=O)Nc3[nH]ncc32)cc1. The van der Waals surface area contributed by atoms with Crippen molar-refractivity contribution in [1.82, 2.24) is 10.2 Å². The fourth-order valence-electron chi connectivity index (χ4n) is 2.30. The van der Waals surface area contributed by atoms with Crippen molar-refractivity contribution in [1.29, 1.82) is 0 Å². The average molecular weight is 317 g/mol. The van der Waals surface area contributed by atoms with Gasteiger partial charge in [-0.3, -0.25) is 9.89 Å². The zero-order chi connectivity index (χ0) is 15.5. The number of anilines is 1. The van der Waals surface area contributed by atoms with Crippen molar-refractivity contribution in [3.8, 4) is 5.75 Å². The number of hydrogen-bond acceptors (Lipinski definition) is 4. The Bertz CT molecular complexity index is 652. The number of thioether (sulfide) groups is 1. The molecule has 0 saturated carbocycles. The van der Waals surface area contributed by atoms with Crippen LogP contribution in [-0.2, 0) is 4.79 Å². The van der Waals surface area contributed by atoms with Gasteiger partial charge in [0.05, 0.1) is 23.8 Å². The molecule has 116 valence electrons. The Morgan fingerprint density at radius 2 is 2.14 bits per heavy atom. The first-order valence-corrected chi connectivity index (χ1v) is 8.36. The smallest absolute Gasteiger partial charge is 0.235 e. The summed E-state index contributed by atoms with van der Waals surface area (Å²) >= 11 is 1.60. The van der Waals surface area contributed by atoms with E-state index in [1.807, 2.05) is 12.1 Å². The predicted octanol–water partition coefficient (Wildman–Crippen LogP) is 3.22. The molecule has 1 aromatic carbocycles. The van der Waals surface area contributed by atoms with E-state index in [0.29, 0.717) is 24.1 Å². The summed E-state index contributed by atoms with van der Waals surface area (Å²) in [6.45, 7) is 4.96. The molecule has 0 spiro atoms. The number of hydrogen-bond donors (Lipinski definition) is 2. The highest BCUT2D eigenvalue weighted by Crippen LogP contribution is 2.40. The summed E-state index contributed by atoms with van der Waals surface area (Å²) in [6, 6.07) is 8.08. The molecule has 22 heavy (non-hydrogen) atoms. The quantitative estimate of drug-likeness (QED) is 0.908. The number of ether oxygens (including phenoxy) is 1. The van der Waals surface area contributed by atoms with Crippen LogP contribution in [-0.4, -0.2) is 28.5 Å². The van der Waals surface area contributed by atoms with Crippen LogP contribution in [0.2, 0.25) is 0 Å². The summed E-state index contributed by atoms with van der Waals surface area (Å²) in [5.74, 6) is 2.49.